The second-order valence-corrected chi connectivity index (χ2v) is 8.62. The van der Waals surface area contributed by atoms with Crippen LogP contribution < -0.4 is 14.8 Å². The summed E-state index contributed by atoms with van der Waals surface area (Å²) in [6.45, 7) is 5.37. The highest BCUT2D eigenvalue weighted by Crippen LogP contribution is 2.28. The highest BCUT2D eigenvalue weighted by molar-refractivity contribution is 7.89. The third-order valence-corrected chi connectivity index (χ3v) is 6.03. The molecule has 7 nitrogen and oxygen atoms in total. The number of nitrogens with zero attached hydrogens (tertiary/aromatic N) is 1. The molecular formula is C21H28N2O5S. The normalized spacial score (nSPS) is 11.3. The van der Waals surface area contributed by atoms with Crippen LogP contribution in [0.3, 0.4) is 0 Å². The van der Waals surface area contributed by atoms with Gasteiger partial charge in [0.2, 0.25) is 10.0 Å². The average Bonchev–Trinajstić information content (AvgIpc) is 2.70. The van der Waals surface area contributed by atoms with E-state index in [9.17, 15) is 13.2 Å². The first-order valence-corrected chi connectivity index (χ1v) is 10.9. The fourth-order valence-electron chi connectivity index (χ4n) is 2.66. The molecule has 0 aliphatic carbocycles. The molecule has 0 saturated heterocycles. The molecule has 8 heteroatoms. The van der Waals surface area contributed by atoms with Gasteiger partial charge in [-0.05, 0) is 62.2 Å². The van der Waals surface area contributed by atoms with Gasteiger partial charge in [-0.1, -0.05) is 6.07 Å². The van der Waals surface area contributed by atoms with E-state index in [1.165, 1.54) is 38.4 Å². The SMILES string of the molecule is CCOc1ccc(CCNC(=O)c2ccc(S(=O)(=O)N(C)C)cc2)cc1OCC. The molecule has 0 saturated carbocycles. The van der Waals surface area contributed by atoms with Gasteiger partial charge in [-0.15, -0.1) is 0 Å². The van der Waals surface area contributed by atoms with Crippen LogP contribution in [0.25, 0.3) is 0 Å². The van der Waals surface area contributed by atoms with Crippen molar-refractivity contribution in [2.75, 3.05) is 33.9 Å². The van der Waals surface area contributed by atoms with Crippen LogP contribution in [0.2, 0.25) is 0 Å². The van der Waals surface area contributed by atoms with Gasteiger partial charge >= 0.3 is 0 Å². The van der Waals surface area contributed by atoms with E-state index in [0.29, 0.717) is 43.2 Å². The summed E-state index contributed by atoms with van der Waals surface area (Å²) in [5.41, 5.74) is 1.43. The van der Waals surface area contributed by atoms with Crippen molar-refractivity contribution in [2.45, 2.75) is 25.2 Å². The van der Waals surface area contributed by atoms with E-state index < -0.39 is 10.0 Å². The van der Waals surface area contributed by atoms with Crippen molar-refractivity contribution in [2.24, 2.45) is 0 Å². The van der Waals surface area contributed by atoms with E-state index in [4.69, 9.17) is 9.47 Å². The fraction of sp³-hybridized carbons (Fsp3) is 0.381. The molecule has 2 rings (SSSR count). The Balaban J connectivity index is 1.97. The summed E-state index contributed by atoms with van der Waals surface area (Å²) in [5, 5.41) is 2.85. The van der Waals surface area contributed by atoms with Crippen molar-refractivity contribution < 1.29 is 22.7 Å². The predicted molar refractivity (Wildman–Crippen MR) is 112 cm³/mol. The van der Waals surface area contributed by atoms with Crippen molar-refractivity contribution in [1.29, 1.82) is 0 Å². The zero-order valence-electron chi connectivity index (χ0n) is 17.3. The Morgan fingerprint density at radius 1 is 0.966 bits per heavy atom. The van der Waals surface area contributed by atoms with Crippen molar-refractivity contribution >= 4 is 15.9 Å². The van der Waals surface area contributed by atoms with E-state index in [0.717, 1.165) is 9.87 Å². The van der Waals surface area contributed by atoms with Gasteiger partial charge in [-0.2, -0.15) is 0 Å². The third-order valence-electron chi connectivity index (χ3n) is 4.20. The summed E-state index contributed by atoms with van der Waals surface area (Å²) in [5.74, 6) is 1.14. The zero-order valence-corrected chi connectivity index (χ0v) is 18.1. The summed E-state index contributed by atoms with van der Waals surface area (Å²) in [6.07, 6.45) is 0.630. The average molecular weight is 421 g/mol. The minimum Gasteiger partial charge on any atom is -0.490 e. The summed E-state index contributed by atoms with van der Waals surface area (Å²) < 4.78 is 36.5. The van der Waals surface area contributed by atoms with E-state index in [2.05, 4.69) is 5.32 Å². The number of benzene rings is 2. The molecule has 29 heavy (non-hydrogen) atoms. The maximum absolute atomic E-state index is 12.3. The van der Waals surface area contributed by atoms with Crippen LogP contribution in [0.15, 0.2) is 47.4 Å². The first kappa shape index (κ1) is 22.7. The smallest absolute Gasteiger partial charge is 0.251 e. The van der Waals surface area contributed by atoms with Crippen molar-refractivity contribution in [3.8, 4) is 11.5 Å². The lowest BCUT2D eigenvalue weighted by atomic mass is 10.1. The molecule has 0 aliphatic heterocycles. The summed E-state index contributed by atoms with van der Waals surface area (Å²) in [7, 11) is -0.577. The number of nitrogens with one attached hydrogen (secondary N) is 1. The van der Waals surface area contributed by atoms with Gasteiger partial charge in [0.15, 0.2) is 11.5 Å². The Morgan fingerprint density at radius 2 is 1.59 bits per heavy atom. The fourth-order valence-corrected chi connectivity index (χ4v) is 3.56. The Morgan fingerprint density at radius 3 is 2.17 bits per heavy atom. The summed E-state index contributed by atoms with van der Waals surface area (Å²) >= 11 is 0. The highest BCUT2D eigenvalue weighted by atomic mass is 32.2. The molecule has 1 amide bonds. The lowest BCUT2D eigenvalue weighted by Gasteiger charge is -2.13. The van der Waals surface area contributed by atoms with E-state index >= 15 is 0 Å². The Bertz CT molecular complexity index is 925. The van der Waals surface area contributed by atoms with E-state index in [1.54, 1.807) is 0 Å². The number of carbonyl (C=O) groups excluding carboxylic acids is 1. The largest absolute Gasteiger partial charge is 0.490 e. The number of hydrogen-bond acceptors (Lipinski definition) is 5. The Kier molecular flexibility index (Phi) is 8.04. The first-order chi connectivity index (χ1) is 13.8. The number of hydrogen-bond donors (Lipinski definition) is 1. The molecule has 1 N–H and O–H groups in total. The molecule has 0 aromatic heterocycles. The quantitative estimate of drug-likeness (QED) is 0.639. The number of ether oxygens (including phenoxy) is 2. The van der Waals surface area contributed by atoms with Crippen LogP contribution in [0, 0.1) is 0 Å². The molecule has 0 heterocycles. The minimum atomic E-state index is -3.51. The monoisotopic (exact) mass is 420 g/mol. The predicted octanol–water partition coefficient (Wildman–Crippen LogP) is 2.71. The molecule has 0 unspecified atom stereocenters. The van der Waals surface area contributed by atoms with Crippen LogP contribution >= 0.6 is 0 Å². The van der Waals surface area contributed by atoms with E-state index in [1.807, 2.05) is 32.0 Å². The Hall–Kier alpha value is -2.58. The number of sulfonamides is 1. The van der Waals surface area contributed by atoms with Gasteiger partial charge in [-0.25, -0.2) is 12.7 Å². The molecule has 0 bridgehead atoms. The summed E-state index contributed by atoms with van der Waals surface area (Å²) in [6, 6.07) is 11.6. The number of amides is 1. The van der Waals surface area contributed by atoms with Crippen LogP contribution in [-0.4, -0.2) is 52.5 Å². The van der Waals surface area contributed by atoms with Gasteiger partial charge in [-0.3, -0.25) is 4.79 Å². The van der Waals surface area contributed by atoms with Crippen molar-refractivity contribution in [3.63, 3.8) is 0 Å². The lowest BCUT2D eigenvalue weighted by molar-refractivity contribution is 0.0954. The van der Waals surface area contributed by atoms with E-state index in [-0.39, 0.29) is 10.8 Å². The second kappa shape index (κ2) is 10.3. The van der Waals surface area contributed by atoms with Gasteiger partial charge < -0.3 is 14.8 Å². The molecule has 0 fully saturated rings. The topological polar surface area (TPSA) is 84.9 Å². The van der Waals surface area contributed by atoms with Crippen LogP contribution in [0.5, 0.6) is 11.5 Å². The van der Waals surface area contributed by atoms with Gasteiger partial charge in [0, 0.05) is 26.2 Å². The third kappa shape index (κ3) is 5.95. The maximum Gasteiger partial charge on any atom is 0.251 e. The number of rotatable bonds is 10. The van der Waals surface area contributed by atoms with Crippen LogP contribution in [0.1, 0.15) is 29.8 Å². The van der Waals surface area contributed by atoms with Gasteiger partial charge in [0.25, 0.3) is 5.91 Å². The molecule has 2 aromatic rings. The van der Waals surface area contributed by atoms with Crippen LogP contribution in [0.4, 0.5) is 0 Å². The number of carbonyl (C=O) groups is 1. The molecule has 2 aromatic carbocycles. The molecular weight excluding hydrogens is 392 g/mol. The molecule has 0 radical (unpaired) electrons. The molecule has 0 spiro atoms. The molecule has 0 atom stereocenters. The second-order valence-electron chi connectivity index (χ2n) is 6.46. The lowest BCUT2D eigenvalue weighted by Crippen LogP contribution is -2.26. The first-order valence-electron chi connectivity index (χ1n) is 9.48. The zero-order chi connectivity index (χ0) is 21.4. The minimum absolute atomic E-state index is 0.150. The summed E-state index contributed by atoms with van der Waals surface area (Å²) in [4.78, 5) is 12.5. The van der Waals surface area contributed by atoms with Gasteiger partial charge in [0.05, 0.1) is 18.1 Å². The van der Waals surface area contributed by atoms with Crippen LogP contribution in [-0.2, 0) is 16.4 Å². The van der Waals surface area contributed by atoms with Gasteiger partial charge in [0.1, 0.15) is 0 Å². The molecule has 158 valence electrons. The van der Waals surface area contributed by atoms with Crippen molar-refractivity contribution in [3.05, 3.63) is 53.6 Å². The standard InChI is InChI=1S/C21H28N2O5S/c1-5-27-19-12-7-16(15-20(19)28-6-2)13-14-22-21(24)17-8-10-18(11-9-17)29(25,26)23(3)4/h7-12,15H,5-6,13-14H2,1-4H3,(H,22,24). The van der Waals surface area contributed by atoms with Crippen molar-refractivity contribution in [1.82, 2.24) is 9.62 Å². The Labute approximate surface area is 172 Å². The highest BCUT2D eigenvalue weighted by Gasteiger charge is 2.17. The maximum atomic E-state index is 12.3. The molecule has 0 aliphatic rings.